The first kappa shape index (κ1) is 15.3. The number of hydrogen-bond acceptors (Lipinski definition) is 3. The molecule has 2 aliphatic carbocycles. The SMILES string of the molecule is CC(C)OCCCNCCN(CC1CC1)CC1CC1. The summed E-state index contributed by atoms with van der Waals surface area (Å²) >= 11 is 0. The van der Waals surface area contributed by atoms with Crippen LogP contribution in [0, 0.1) is 11.8 Å². The second kappa shape index (κ2) is 8.23. The summed E-state index contributed by atoms with van der Waals surface area (Å²) in [4.78, 5) is 2.70. The van der Waals surface area contributed by atoms with Gasteiger partial charge in [-0.1, -0.05) is 0 Å². The predicted molar refractivity (Wildman–Crippen MR) is 80.5 cm³/mol. The molecule has 2 aliphatic rings. The summed E-state index contributed by atoms with van der Waals surface area (Å²) < 4.78 is 5.54. The molecule has 3 heteroatoms. The van der Waals surface area contributed by atoms with Crippen LogP contribution in [-0.2, 0) is 4.74 Å². The first-order valence-electron chi connectivity index (χ1n) is 8.28. The van der Waals surface area contributed by atoms with Crippen molar-refractivity contribution in [2.24, 2.45) is 11.8 Å². The van der Waals surface area contributed by atoms with E-state index in [0.29, 0.717) is 6.10 Å². The monoisotopic (exact) mass is 268 g/mol. The fraction of sp³-hybridized carbons (Fsp3) is 1.00. The van der Waals surface area contributed by atoms with Gasteiger partial charge in [-0.05, 0) is 64.3 Å². The lowest BCUT2D eigenvalue weighted by Crippen LogP contribution is -2.35. The molecule has 0 saturated heterocycles. The molecule has 0 bridgehead atoms. The topological polar surface area (TPSA) is 24.5 Å². The molecule has 3 nitrogen and oxygen atoms in total. The van der Waals surface area contributed by atoms with Crippen molar-refractivity contribution >= 4 is 0 Å². The maximum Gasteiger partial charge on any atom is 0.0518 e. The summed E-state index contributed by atoms with van der Waals surface area (Å²) in [5.41, 5.74) is 0. The molecule has 2 rings (SSSR count). The van der Waals surface area contributed by atoms with Crippen molar-refractivity contribution in [3.63, 3.8) is 0 Å². The summed E-state index contributed by atoms with van der Waals surface area (Å²) in [7, 11) is 0. The Hall–Kier alpha value is -0.120. The number of nitrogens with zero attached hydrogens (tertiary/aromatic N) is 1. The highest BCUT2D eigenvalue weighted by molar-refractivity contribution is 4.82. The largest absolute Gasteiger partial charge is 0.379 e. The van der Waals surface area contributed by atoms with Crippen LogP contribution in [0.4, 0.5) is 0 Å². The predicted octanol–water partition coefficient (Wildman–Crippen LogP) is 2.51. The molecular weight excluding hydrogens is 236 g/mol. The first-order chi connectivity index (χ1) is 9.24. The molecular formula is C16H32N2O. The molecule has 2 saturated carbocycles. The van der Waals surface area contributed by atoms with Crippen molar-refractivity contribution in [2.75, 3.05) is 39.3 Å². The highest BCUT2D eigenvalue weighted by atomic mass is 16.5. The van der Waals surface area contributed by atoms with Crippen molar-refractivity contribution in [2.45, 2.75) is 52.1 Å². The minimum atomic E-state index is 0.368. The quantitative estimate of drug-likeness (QED) is 0.550. The Labute approximate surface area is 119 Å². The Balaban J connectivity index is 1.44. The van der Waals surface area contributed by atoms with Crippen molar-refractivity contribution in [1.29, 1.82) is 0 Å². The maximum atomic E-state index is 5.54. The zero-order valence-electron chi connectivity index (χ0n) is 12.9. The van der Waals surface area contributed by atoms with E-state index in [1.807, 2.05) is 0 Å². The van der Waals surface area contributed by atoms with E-state index >= 15 is 0 Å². The third-order valence-electron chi connectivity index (χ3n) is 3.98. The molecule has 0 heterocycles. The van der Waals surface area contributed by atoms with Gasteiger partial charge in [-0.3, -0.25) is 0 Å². The van der Waals surface area contributed by atoms with Crippen LogP contribution in [0.5, 0.6) is 0 Å². The van der Waals surface area contributed by atoms with Gasteiger partial charge in [0.05, 0.1) is 6.10 Å². The van der Waals surface area contributed by atoms with Crippen LogP contribution in [-0.4, -0.2) is 50.3 Å². The molecule has 0 atom stereocenters. The summed E-state index contributed by atoms with van der Waals surface area (Å²) in [5, 5.41) is 3.56. The third-order valence-corrected chi connectivity index (χ3v) is 3.98. The minimum absolute atomic E-state index is 0.368. The standard InChI is InChI=1S/C16H32N2O/c1-14(2)19-11-3-8-17-9-10-18(12-15-4-5-15)13-16-6-7-16/h14-17H,3-13H2,1-2H3. The van der Waals surface area contributed by atoms with Crippen LogP contribution in [0.15, 0.2) is 0 Å². The second-order valence-electron chi connectivity index (χ2n) is 6.67. The number of rotatable bonds is 12. The smallest absolute Gasteiger partial charge is 0.0518 e. The van der Waals surface area contributed by atoms with E-state index < -0.39 is 0 Å². The Kier molecular flexibility index (Phi) is 6.62. The van der Waals surface area contributed by atoms with Crippen LogP contribution in [0.2, 0.25) is 0 Å². The van der Waals surface area contributed by atoms with Gasteiger partial charge in [0.2, 0.25) is 0 Å². The van der Waals surface area contributed by atoms with Gasteiger partial charge >= 0.3 is 0 Å². The molecule has 0 amide bonds. The lowest BCUT2D eigenvalue weighted by atomic mass is 10.3. The van der Waals surface area contributed by atoms with Gasteiger partial charge in [-0.2, -0.15) is 0 Å². The van der Waals surface area contributed by atoms with Gasteiger partial charge in [-0.15, -0.1) is 0 Å². The Morgan fingerprint density at radius 2 is 1.68 bits per heavy atom. The lowest BCUT2D eigenvalue weighted by molar-refractivity contribution is 0.0770. The molecule has 1 N–H and O–H groups in total. The Bertz CT molecular complexity index is 223. The highest BCUT2D eigenvalue weighted by Gasteiger charge is 2.28. The lowest BCUT2D eigenvalue weighted by Gasteiger charge is -2.22. The van der Waals surface area contributed by atoms with Crippen LogP contribution in [0.3, 0.4) is 0 Å². The summed E-state index contributed by atoms with van der Waals surface area (Å²) in [6.07, 6.45) is 7.39. The van der Waals surface area contributed by atoms with E-state index in [9.17, 15) is 0 Å². The molecule has 0 aliphatic heterocycles. The van der Waals surface area contributed by atoms with E-state index in [0.717, 1.165) is 38.0 Å². The fourth-order valence-corrected chi connectivity index (χ4v) is 2.47. The molecule has 0 unspecified atom stereocenters. The van der Waals surface area contributed by atoms with E-state index in [-0.39, 0.29) is 0 Å². The summed E-state index contributed by atoms with van der Waals surface area (Å²) in [6, 6.07) is 0. The van der Waals surface area contributed by atoms with Crippen LogP contribution in [0.25, 0.3) is 0 Å². The average molecular weight is 268 g/mol. The van der Waals surface area contributed by atoms with Crippen LogP contribution in [0.1, 0.15) is 46.0 Å². The zero-order chi connectivity index (χ0) is 13.5. The number of ether oxygens (including phenoxy) is 1. The van der Waals surface area contributed by atoms with E-state index in [2.05, 4.69) is 24.1 Å². The highest BCUT2D eigenvalue weighted by Crippen LogP contribution is 2.33. The summed E-state index contributed by atoms with van der Waals surface area (Å²) in [5.74, 6) is 2.05. The summed E-state index contributed by atoms with van der Waals surface area (Å²) in [6.45, 7) is 11.3. The Morgan fingerprint density at radius 1 is 1.05 bits per heavy atom. The normalized spacial score (nSPS) is 19.6. The van der Waals surface area contributed by atoms with E-state index in [4.69, 9.17) is 4.74 Å². The van der Waals surface area contributed by atoms with Gasteiger partial charge in [0, 0.05) is 32.8 Å². The van der Waals surface area contributed by atoms with Gasteiger partial charge in [0.1, 0.15) is 0 Å². The average Bonchev–Trinajstić information content (AvgIpc) is 3.23. The molecule has 0 aromatic heterocycles. The van der Waals surface area contributed by atoms with E-state index in [1.165, 1.54) is 45.3 Å². The second-order valence-corrected chi connectivity index (χ2v) is 6.67. The van der Waals surface area contributed by atoms with Crippen LogP contribution >= 0.6 is 0 Å². The molecule has 0 radical (unpaired) electrons. The fourth-order valence-electron chi connectivity index (χ4n) is 2.47. The van der Waals surface area contributed by atoms with Gasteiger partial charge in [0.15, 0.2) is 0 Å². The minimum Gasteiger partial charge on any atom is -0.379 e. The molecule has 0 aromatic carbocycles. The third kappa shape index (κ3) is 7.91. The first-order valence-corrected chi connectivity index (χ1v) is 8.28. The Morgan fingerprint density at radius 3 is 2.21 bits per heavy atom. The van der Waals surface area contributed by atoms with Gasteiger partial charge < -0.3 is 15.0 Å². The molecule has 0 aromatic rings. The molecule has 2 fully saturated rings. The van der Waals surface area contributed by atoms with Crippen molar-refractivity contribution in [3.05, 3.63) is 0 Å². The van der Waals surface area contributed by atoms with Gasteiger partial charge in [-0.25, -0.2) is 0 Å². The van der Waals surface area contributed by atoms with Crippen molar-refractivity contribution in [1.82, 2.24) is 10.2 Å². The van der Waals surface area contributed by atoms with Crippen molar-refractivity contribution in [3.8, 4) is 0 Å². The van der Waals surface area contributed by atoms with E-state index in [1.54, 1.807) is 0 Å². The molecule has 112 valence electrons. The van der Waals surface area contributed by atoms with Gasteiger partial charge in [0.25, 0.3) is 0 Å². The molecule has 0 spiro atoms. The molecule has 19 heavy (non-hydrogen) atoms. The number of hydrogen-bond donors (Lipinski definition) is 1. The van der Waals surface area contributed by atoms with Crippen LogP contribution < -0.4 is 5.32 Å². The zero-order valence-corrected chi connectivity index (χ0v) is 12.9. The van der Waals surface area contributed by atoms with Crippen molar-refractivity contribution < 1.29 is 4.74 Å². The number of nitrogens with one attached hydrogen (secondary N) is 1. The maximum absolute atomic E-state index is 5.54.